The van der Waals surface area contributed by atoms with Crippen molar-refractivity contribution in [2.24, 2.45) is 11.7 Å². The lowest BCUT2D eigenvalue weighted by Crippen LogP contribution is -2.09. The number of rotatable bonds is 3. The van der Waals surface area contributed by atoms with Gasteiger partial charge in [0.15, 0.2) is 0 Å². The van der Waals surface area contributed by atoms with Crippen LogP contribution in [0.25, 0.3) is 10.9 Å². The van der Waals surface area contributed by atoms with Gasteiger partial charge in [-0.3, -0.25) is 0 Å². The molecule has 0 saturated heterocycles. The van der Waals surface area contributed by atoms with Gasteiger partial charge in [0.25, 0.3) is 0 Å². The molecule has 0 bridgehead atoms. The third-order valence-corrected chi connectivity index (χ3v) is 4.39. The normalized spacial score (nSPS) is 23.9. The van der Waals surface area contributed by atoms with Crippen LogP contribution in [0, 0.1) is 12.8 Å². The van der Waals surface area contributed by atoms with Crippen molar-refractivity contribution in [2.45, 2.75) is 38.6 Å². The maximum absolute atomic E-state index is 5.69. The molecule has 2 heteroatoms. The number of hydrogen-bond donors (Lipinski definition) is 1. The zero-order valence-electron chi connectivity index (χ0n) is 11.1. The largest absolute Gasteiger partial charge is 0.342 e. The molecule has 0 radical (unpaired) electrons. The van der Waals surface area contributed by atoms with Crippen molar-refractivity contribution in [3.63, 3.8) is 0 Å². The molecule has 2 unspecified atom stereocenters. The summed E-state index contributed by atoms with van der Waals surface area (Å²) in [6.07, 6.45) is 5.14. The molecule has 1 aromatic carbocycles. The van der Waals surface area contributed by atoms with Crippen LogP contribution in [0.4, 0.5) is 0 Å². The summed E-state index contributed by atoms with van der Waals surface area (Å²) >= 11 is 0. The number of hydrogen-bond acceptors (Lipinski definition) is 1. The second-order valence-electron chi connectivity index (χ2n) is 5.62. The van der Waals surface area contributed by atoms with E-state index in [-0.39, 0.29) is 0 Å². The van der Waals surface area contributed by atoms with Gasteiger partial charge in [-0.25, -0.2) is 0 Å². The number of benzene rings is 1. The second-order valence-corrected chi connectivity index (χ2v) is 5.62. The van der Waals surface area contributed by atoms with E-state index in [0.29, 0.717) is 6.04 Å². The van der Waals surface area contributed by atoms with Gasteiger partial charge in [0.1, 0.15) is 0 Å². The molecule has 0 spiro atoms. The van der Waals surface area contributed by atoms with Gasteiger partial charge in [0.2, 0.25) is 0 Å². The lowest BCUT2D eigenvalue weighted by Gasteiger charge is -2.17. The maximum Gasteiger partial charge on any atom is 0.0485 e. The van der Waals surface area contributed by atoms with Crippen molar-refractivity contribution in [1.82, 2.24) is 4.57 Å². The van der Waals surface area contributed by atoms with Crippen LogP contribution in [0.15, 0.2) is 30.3 Å². The highest BCUT2D eigenvalue weighted by molar-refractivity contribution is 5.81. The Morgan fingerprint density at radius 1 is 1.28 bits per heavy atom. The van der Waals surface area contributed by atoms with Gasteiger partial charge in [0, 0.05) is 17.3 Å². The first kappa shape index (κ1) is 11.8. The van der Waals surface area contributed by atoms with Crippen molar-refractivity contribution < 1.29 is 0 Å². The minimum Gasteiger partial charge on any atom is -0.342 e. The van der Waals surface area contributed by atoms with E-state index in [1.54, 1.807) is 0 Å². The van der Waals surface area contributed by atoms with E-state index in [4.69, 9.17) is 5.73 Å². The lowest BCUT2D eigenvalue weighted by atomic mass is 10.0. The van der Waals surface area contributed by atoms with E-state index in [1.807, 2.05) is 0 Å². The van der Waals surface area contributed by atoms with E-state index < -0.39 is 0 Å². The fourth-order valence-corrected chi connectivity index (χ4v) is 3.58. The second kappa shape index (κ2) is 4.77. The zero-order chi connectivity index (χ0) is 12.5. The number of aromatic nitrogens is 1. The molecule has 2 N–H and O–H groups in total. The van der Waals surface area contributed by atoms with Crippen LogP contribution in [0.3, 0.4) is 0 Å². The lowest BCUT2D eigenvalue weighted by molar-refractivity contribution is 0.463. The molecule has 1 aromatic heterocycles. The Labute approximate surface area is 109 Å². The Hall–Kier alpha value is -1.28. The molecule has 1 saturated carbocycles. The van der Waals surface area contributed by atoms with Crippen LogP contribution in [0.2, 0.25) is 0 Å². The van der Waals surface area contributed by atoms with Crippen molar-refractivity contribution in [3.05, 3.63) is 36.0 Å². The summed E-state index contributed by atoms with van der Waals surface area (Å²) in [6, 6.07) is 11.7. The van der Waals surface area contributed by atoms with Gasteiger partial charge in [-0.1, -0.05) is 18.2 Å². The highest BCUT2D eigenvalue weighted by Crippen LogP contribution is 2.39. The smallest absolute Gasteiger partial charge is 0.0485 e. The molecule has 1 fully saturated rings. The third kappa shape index (κ3) is 1.95. The fourth-order valence-electron chi connectivity index (χ4n) is 3.58. The van der Waals surface area contributed by atoms with E-state index in [2.05, 4.69) is 41.8 Å². The quantitative estimate of drug-likeness (QED) is 0.875. The molecule has 1 aliphatic carbocycles. The molecule has 18 heavy (non-hydrogen) atoms. The Balaban J connectivity index is 1.93. The average Bonchev–Trinajstić information content (AvgIpc) is 2.92. The molecule has 1 aliphatic rings. The van der Waals surface area contributed by atoms with Crippen LogP contribution < -0.4 is 5.73 Å². The molecular weight excluding hydrogens is 220 g/mol. The van der Waals surface area contributed by atoms with Gasteiger partial charge in [-0.15, -0.1) is 0 Å². The minimum atomic E-state index is 0.682. The fraction of sp³-hybridized carbons (Fsp3) is 0.500. The highest BCUT2D eigenvalue weighted by Gasteiger charge is 2.26. The SMILES string of the molecule is Cc1cc2ccccc2n1C1CCC(CCN)C1. The first-order valence-corrected chi connectivity index (χ1v) is 7.06. The van der Waals surface area contributed by atoms with Crippen molar-refractivity contribution >= 4 is 10.9 Å². The van der Waals surface area contributed by atoms with Crippen molar-refractivity contribution in [2.75, 3.05) is 6.54 Å². The standard InChI is InChI=1S/C16H22N2/c1-12-10-14-4-2-3-5-16(14)18(12)15-7-6-13(11-15)8-9-17/h2-5,10,13,15H,6-9,11,17H2,1H3. The number of para-hydroxylation sites is 1. The van der Waals surface area contributed by atoms with Crippen LogP contribution >= 0.6 is 0 Å². The topological polar surface area (TPSA) is 30.9 Å². The molecule has 3 rings (SSSR count). The van der Waals surface area contributed by atoms with Gasteiger partial charge in [0.05, 0.1) is 0 Å². The Morgan fingerprint density at radius 3 is 2.94 bits per heavy atom. The Kier molecular flexibility index (Phi) is 3.13. The molecule has 2 nitrogen and oxygen atoms in total. The summed E-state index contributed by atoms with van der Waals surface area (Å²) in [7, 11) is 0. The summed E-state index contributed by atoms with van der Waals surface area (Å²) in [5.41, 5.74) is 8.48. The molecule has 96 valence electrons. The number of nitrogens with zero attached hydrogens (tertiary/aromatic N) is 1. The predicted octanol–water partition coefficient (Wildman–Crippen LogP) is 3.64. The van der Waals surface area contributed by atoms with Crippen LogP contribution in [-0.2, 0) is 0 Å². The van der Waals surface area contributed by atoms with E-state index in [1.165, 1.54) is 42.3 Å². The highest BCUT2D eigenvalue weighted by atomic mass is 15.0. The summed E-state index contributed by atoms with van der Waals surface area (Å²) in [5.74, 6) is 0.834. The van der Waals surface area contributed by atoms with Gasteiger partial charge in [-0.2, -0.15) is 0 Å². The van der Waals surface area contributed by atoms with Gasteiger partial charge < -0.3 is 10.3 Å². The number of fused-ring (bicyclic) bond motifs is 1. The maximum atomic E-state index is 5.69. The van der Waals surface area contributed by atoms with E-state index in [9.17, 15) is 0 Å². The summed E-state index contributed by atoms with van der Waals surface area (Å²) in [6.45, 7) is 3.07. The molecule has 1 heterocycles. The number of nitrogens with two attached hydrogens (primary N) is 1. The first-order chi connectivity index (χ1) is 8.79. The molecule has 2 aromatic rings. The molecule has 2 atom stereocenters. The van der Waals surface area contributed by atoms with E-state index in [0.717, 1.165) is 12.5 Å². The summed E-state index contributed by atoms with van der Waals surface area (Å²) in [4.78, 5) is 0. The average molecular weight is 242 g/mol. The summed E-state index contributed by atoms with van der Waals surface area (Å²) in [5, 5.41) is 1.37. The van der Waals surface area contributed by atoms with Crippen molar-refractivity contribution in [3.8, 4) is 0 Å². The van der Waals surface area contributed by atoms with Crippen LogP contribution in [0.1, 0.15) is 37.4 Å². The van der Waals surface area contributed by atoms with Crippen LogP contribution in [0.5, 0.6) is 0 Å². The minimum absolute atomic E-state index is 0.682. The Bertz CT molecular complexity index is 541. The zero-order valence-corrected chi connectivity index (χ0v) is 11.1. The third-order valence-electron chi connectivity index (χ3n) is 4.39. The molecule has 0 aliphatic heterocycles. The predicted molar refractivity (Wildman–Crippen MR) is 76.7 cm³/mol. The molecular formula is C16H22N2. The molecule has 0 amide bonds. The van der Waals surface area contributed by atoms with Gasteiger partial charge >= 0.3 is 0 Å². The summed E-state index contributed by atoms with van der Waals surface area (Å²) < 4.78 is 2.55. The Morgan fingerprint density at radius 2 is 2.11 bits per heavy atom. The first-order valence-electron chi connectivity index (χ1n) is 7.06. The van der Waals surface area contributed by atoms with Crippen LogP contribution in [-0.4, -0.2) is 11.1 Å². The number of aryl methyl sites for hydroxylation is 1. The van der Waals surface area contributed by atoms with Crippen molar-refractivity contribution in [1.29, 1.82) is 0 Å². The van der Waals surface area contributed by atoms with Gasteiger partial charge in [-0.05, 0) is 62.6 Å². The monoisotopic (exact) mass is 242 g/mol. The van der Waals surface area contributed by atoms with E-state index >= 15 is 0 Å².